The van der Waals surface area contributed by atoms with Crippen molar-refractivity contribution in [2.75, 3.05) is 13.1 Å². The van der Waals surface area contributed by atoms with E-state index in [9.17, 15) is 4.79 Å². The molecule has 3 heterocycles. The number of aromatic nitrogens is 2. The van der Waals surface area contributed by atoms with E-state index in [-0.39, 0.29) is 5.91 Å². The summed E-state index contributed by atoms with van der Waals surface area (Å²) in [7, 11) is 0. The third-order valence-corrected chi connectivity index (χ3v) is 5.52. The average Bonchev–Trinajstić information content (AvgIpc) is 3.24. The number of hydrogen-bond donors (Lipinski definition) is 0. The van der Waals surface area contributed by atoms with Gasteiger partial charge in [0.05, 0.1) is 16.8 Å². The molecule has 1 fully saturated rings. The number of rotatable bonds is 2. The maximum atomic E-state index is 12.2. The number of amides is 1. The van der Waals surface area contributed by atoms with Crippen molar-refractivity contribution in [2.45, 2.75) is 19.3 Å². The molecule has 128 valence electrons. The fraction of sp³-hybridized carbons (Fsp3) is 0.278. The Morgan fingerprint density at radius 3 is 2.64 bits per heavy atom. The first-order valence-electron chi connectivity index (χ1n) is 8.27. The zero-order valence-corrected chi connectivity index (χ0v) is 15.1. The number of piperidine rings is 1. The molecule has 5 nitrogen and oxygen atoms in total. The van der Waals surface area contributed by atoms with Crippen molar-refractivity contribution in [1.82, 2.24) is 14.7 Å². The average molecular weight is 373 g/mol. The fourth-order valence-electron chi connectivity index (χ4n) is 2.92. The lowest BCUT2D eigenvalue weighted by molar-refractivity contribution is -0.113. The minimum atomic E-state index is -0.162. The first-order chi connectivity index (χ1) is 12.2. The number of likely N-dealkylation sites (tertiary alicyclic amines) is 1. The first-order valence-corrected chi connectivity index (χ1v) is 9.47. The summed E-state index contributed by atoms with van der Waals surface area (Å²) in [6.45, 7) is 1.97. The van der Waals surface area contributed by atoms with E-state index in [2.05, 4.69) is 15.0 Å². The van der Waals surface area contributed by atoms with Crippen molar-refractivity contribution in [1.29, 1.82) is 0 Å². The number of amidine groups is 1. The molecular weight excluding hydrogens is 356 g/mol. The summed E-state index contributed by atoms with van der Waals surface area (Å²) in [6.07, 6.45) is 9.08. The van der Waals surface area contributed by atoms with Crippen LogP contribution in [0.15, 0.2) is 46.6 Å². The molecule has 0 saturated carbocycles. The van der Waals surface area contributed by atoms with E-state index in [1.54, 1.807) is 10.9 Å². The third-order valence-electron chi connectivity index (χ3n) is 4.23. The number of thioether (sulfide) groups is 1. The topological polar surface area (TPSA) is 50.5 Å². The summed E-state index contributed by atoms with van der Waals surface area (Å²) >= 11 is 7.38. The smallest absolute Gasteiger partial charge is 0.286 e. The molecule has 1 aromatic carbocycles. The van der Waals surface area contributed by atoms with Gasteiger partial charge in [-0.3, -0.25) is 4.79 Å². The van der Waals surface area contributed by atoms with E-state index < -0.39 is 0 Å². The molecule has 0 unspecified atom stereocenters. The minimum Gasteiger partial charge on any atom is -0.351 e. The highest BCUT2D eigenvalue weighted by atomic mass is 35.5. The van der Waals surface area contributed by atoms with Crippen LogP contribution in [0, 0.1) is 0 Å². The monoisotopic (exact) mass is 372 g/mol. The molecule has 25 heavy (non-hydrogen) atoms. The Hall–Kier alpha value is -2.05. The quantitative estimate of drug-likeness (QED) is 0.748. The van der Waals surface area contributed by atoms with Gasteiger partial charge in [0.25, 0.3) is 5.91 Å². The number of nitrogens with zero attached hydrogens (tertiary/aromatic N) is 4. The molecule has 4 rings (SSSR count). The van der Waals surface area contributed by atoms with Crippen molar-refractivity contribution in [3.63, 3.8) is 0 Å². The predicted molar refractivity (Wildman–Crippen MR) is 102 cm³/mol. The van der Waals surface area contributed by atoms with E-state index in [0.29, 0.717) is 9.93 Å². The van der Waals surface area contributed by atoms with Crippen LogP contribution in [0.2, 0.25) is 5.02 Å². The highest BCUT2D eigenvalue weighted by Crippen LogP contribution is 2.31. The van der Waals surface area contributed by atoms with Crippen LogP contribution in [0.25, 0.3) is 11.8 Å². The number of hydrogen-bond acceptors (Lipinski definition) is 4. The second-order valence-corrected chi connectivity index (χ2v) is 7.50. The Morgan fingerprint density at radius 1 is 1.12 bits per heavy atom. The Balaban J connectivity index is 1.50. The normalized spacial score (nSPS) is 19.6. The van der Waals surface area contributed by atoms with Crippen LogP contribution in [0.3, 0.4) is 0 Å². The molecule has 1 amide bonds. The van der Waals surface area contributed by atoms with Gasteiger partial charge in [-0.2, -0.15) is 10.1 Å². The molecule has 0 bridgehead atoms. The van der Waals surface area contributed by atoms with E-state index in [0.717, 1.165) is 29.5 Å². The summed E-state index contributed by atoms with van der Waals surface area (Å²) in [5.41, 5.74) is 1.80. The van der Waals surface area contributed by atoms with Crippen LogP contribution in [0.5, 0.6) is 0 Å². The van der Waals surface area contributed by atoms with Gasteiger partial charge in [0.1, 0.15) is 0 Å². The molecule has 0 aliphatic carbocycles. The van der Waals surface area contributed by atoms with Gasteiger partial charge >= 0.3 is 0 Å². The highest BCUT2D eigenvalue weighted by Gasteiger charge is 2.26. The number of carbonyl (C=O) groups is 1. The molecule has 7 heteroatoms. The molecule has 0 N–H and O–H groups in total. The van der Waals surface area contributed by atoms with Crippen LogP contribution < -0.4 is 0 Å². The molecule has 0 atom stereocenters. The Kier molecular flexibility index (Phi) is 4.63. The molecule has 1 aromatic heterocycles. The lowest BCUT2D eigenvalue weighted by Crippen LogP contribution is -2.33. The number of halogens is 1. The molecule has 1 saturated heterocycles. The summed E-state index contributed by atoms with van der Waals surface area (Å²) in [5, 5.41) is 5.88. The van der Waals surface area contributed by atoms with Crippen molar-refractivity contribution >= 4 is 40.5 Å². The number of carbonyl (C=O) groups excluding carboxylic acids is 1. The number of aliphatic imine (C=N–C) groups is 1. The van der Waals surface area contributed by atoms with Crippen LogP contribution in [-0.2, 0) is 4.79 Å². The maximum Gasteiger partial charge on any atom is 0.286 e. The first kappa shape index (κ1) is 16.4. The van der Waals surface area contributed by atoms with Crippen molar-refractivity contribution < 1.29 is 4.79 Å². The molecule has 0 radical (unpaired) electrons. The predicted octanol–water partition coefficient (Wildman–Crippen LogP) is 3.98. The largest absolute Gasteiger partial charge is 0.351 e. The van der Waals surface area contributed by atoms with Crippen molar-refractivity contribution in [3.8, 4) is 5.69 Å². The zero-order valence-electron chi connectivity index (χ0n) is 13.6. The Bertz CT molecular complexity index is 850. The van der Waals surface area contributed by atoms with Gasteiger partial charge in [0.15, 0.2) is 5.17 Å². The summed E-state index contributed by atoms with van der Waals surface area (Å²) in [4.78, 5) is 19.3. The molecular formula is C18H17ClN4OS. The standard InChI is InChI=1S/C18H17ClN4OS/c19-14-4-6-15(7-5-14)23-12-13(11-20-23)10-16-17(24)21-18(25-16)22-8-2-1-3-9-22/h4-7,10-12H,1-3,8-9H2/b16-10-. The van der Waals surface area contributed by atoms with Gasteiger partial charge in [-0.1, -0.05) is 11.6 Å². The molecule has 0 spiro atoms. The highest BCUT2D eigenvalue weighted by molar-refractivity contribution is 8.18. The second-order valence-electron chi connectivity index (χ2n) is 6.05. The lowest BCUT2D eigenvalue weighted by Gasteiger charge is -2.27. The maximum absolute atomic E-state index is 12.2. The second kappa shape index (κ2) is 7.06. The van der Waals surface area contributed by atoms with Crippen LogP contribution in [0.1, 0.15) is 24.8 Å². The van der Waals surface area contributed by atoms with Gasteiger partial charge in [-0.25, -0.2) is 4.68 Å². The van der Waals surface area contributed by atoms with Gasteiger partial charge in [-0.05, 0) is 61.4 Å². The Morgan fingerprint density at radius 2 is 1.88 bits per heavy atom. The summed E-state index contributed by atoms with van der Waals surface area (Å²) < 4.78 is 1.76. The Labute approximate surface area is 155 Å². The van der Waals surface area contributed by atoms with E-state index in [1.165, 1.54) is 31.0 Å². The van der Waals surface area contributed by atoms with Crippen LogP contribution in [-0.4, -0.2) is 38.8 Å². The summed E-state index contributed by atoms with van der Waals surface area (Å²) in [6, 6.07) is 7.45. The van der Waals surface area contributed by atoms with Crippen molar-refractivity contribution in [3.05, 3.63) is 52.2 Å². The summed E-state index contributed by atoms with van der Waals surface area (Å²) in [5.74, 6) is -0.162. The fourth-order valence-corrected chi connectivity index (χ4v) is 4.01. The SMILES string of the molecule is O=C1N=C(N2CCCCC2)S/C1=C\c1cnn(-c2ccc(Cl)cc2)c1. The van der Waals surface area contributed by atoms with E-state index in [4.69, 9.17) is 11.6 Å². The van der Waals surface area contributed by atoms with Gasteiger partial charge in [-0.15, -0.1) is 0 Å². The van der Waals surface area contributed by atoms with Gasteiger partial charge < -0.3 is 4.90 Å². The molecule has 2 aliphatic heterocycles. The lowest BCUT2D eigenvalue weighted by atomic mass is 10.1. The number of benzene rings is 1. The van der Waals surface area contributed by atoms with E-state index >= 15 is 0 Å². The van der Waals surface area contributed by atoms with Gasteiger partial charge in [0, 0.05) is 29.9 Å². The minimum absolute atomic E-state index is 0.162. The molecule has 2 aromatic rings. The van der Waals surface area contributed by atoms with Crippen molar-refractivity contribution in [2.24, 2.45) is 4.99 Å². The van der Waals surface area contributed by atoms with E-state index in [1.807, 2.05) is 36.5 Å². The van der Waals surface area contributed by atoms with Crippen LogP contribution >= 0.6 is 23.4 Å². The molecule has 2 aliphatic rings. The zero-order chi connectivity index (χ0) is 17.2. The van der Waals surface area contributed by atoms with Crippen LogP contribution in [0.4, 0.5) is 0 Å². The van der Waals surface area contributed by atoms with Gasteiger partial charge in [0.2, 0.25) is 0 Å². The third kappa shape index (κ3) is 3.65.